The molecule has 0 radical (unpaired) electrons. The molecule has 1 amide bonds. The molecular weight excluding hydrogens is 366 g/mol. The topological polar surface area (TPSA) is 64.0 Å². The summed E-state index contributed by atoms with van der Waals surface area (Å²) in [6.07, 6.45) is 0.646. The van der Waals surface area contributed by atoms with Crippen LogP contribution in [0.5, 0.6) is 0 Å². The average Bonchev–Trinajstić information content (AvgIpc) is 3.23. The van der Waals surface area contributed by atoms with Crippen molar-refractivity contribution < 1.29 is 4.79 Å². The summed E-state index contributed by atoms with van der Waals surface area (Å²) in [6.45, 7) is 5.59. The van der Waals surface area contributed by atoms with Crippen LogP contribution < -0.4 is 10.9 Å². The number of rotatable bonds is 5. The number of aromatic nitrogens is 2. The van der Waals surface area contributed by atoms with E-state index in [4.69, 9.17) is 0 Å². The Bertz CT molecular complexity index is 987. The van der Waals surface area contributed by atoms with E-state index in [1.54, 1.807) is 25.3 Å². The minimum atomic E-state index is -0.351. The maximum Gasteiger partial charge on any atom is 0.263 e. The molecule has 0 spiro atoms. The Morgan fingerprint density at radius 2 is 2.08 bits per heavy atom. The lowest BCUT2D eigenvalue weighted by molar-refractivity contribution is 0.0933. The Morgan fingerprint density at radius 1 is 1.31 bits per heavy atom. The number of thiophene rings is 1. The maximum atomic E-state index is 12.9. The molecule has 0 bridgehead atoms. The van der Waals surface area contributed by atoms with Crippen molar-refractivity contribution in [1.82, 2.24) is 14.9 Å². The molecule has 3 aromatic rings. The number of hydrogen-bond donors (Lipinski definition) is 1. The predicted octanol–water partition coefficient (Wildman–Crippen LogP) is 3.54. The van der Waals surface area contributed by atoms with Gasteiger partial charge in [0.25, 0.3) is 11.5 Å². The second-order valence-corrected chi connectivity index (χ2v) is 8.07. The Morgan fingerprint density at radius 3 is 2.69 bits per heavy atom. The maximum absolute atomic E-state index is 12.9. The zero-order chi connectivity index (χ0) is 18.8. The summed E-state index contributed by atoms with van der Waals surface area (Å²) in [5.41, 5.74) is 3.51. The van der Waals surface area contributed by atoms with Crippen molar-refractivity contribution in [3.63, 3.8) is 0 Å². The van der Waals surface area contributed by atoms with Gasteiger partial charge in [0.15, 0.2) is 0 Å². The van der Waals surface area contributed by atoms with Gasteiger partial charge >= 0.3 is 0 Å². The van der Waals surface area contributed by atoms with Gasteiger partial charge < -0.3 is 9.88 Å². The van der Waals surface area contributed by atoms with Crippen LogP contribution in [0.2, 0.25) is 0 Å². The molecule has 0 aromatic carbocycles. The van der Waals surface area contributed by atoms with Crippen molar-refractivity contribution >= 4 is 28.6 Å². The highest BCUT2D eigenvalue weighted by Crippen LogP contribution is 2.24. The molecule has 0 aliphatic heterocycles. The molecule has 7 heteroatoms. The smallest absolute Gasteiger partial charge is 0.263 e. The van der Waals surface area contributed by atoms with Crippen LogP contribution in [0, 0.1) is 20.8 Å². The average molecular weight is 388 g/mol. The fraction of sp³-hybridized carbons (Fsp3) is 0.316. The van der Waals surface area contributed by atoms with Crippen molar-refractivity contribution in [3.05, 3.63) is 71.7 Å². The van der Waals surface area contributed by atoms with Crippen LogP contribution in [0.3, 0.4) is 0 Å². The highest BCUT2D eigenvalue weighted by molar-refractivity contribution is 7.09. The molecule has 1 unspecified atom stereocenters. The van der Waals surface area contributed by atoms with Gasteiger partial charge in [0.1, 0.15) is 10.6 Å². The van der Waals surface area contributed by atoms with E-state index in [1.807, 2.05) is 36.7 Å². The number of nitrogens with one attached hydrogen (secondary N) is 1. The molecule has 0 saturated heterocycles. The number of thiazole rings is 1. The van der Waals surface area contributed by atoms with Gasteiger partial charge in [0.05, 0.1) is 6.04 Å². The molecule has 0 saturated carbocycles. The Kier molecular flexibility index (Phi) is 5.38. The van der Waals surface area contributed by atoms with Crippen molar-refractivity contribution in [3.8, 4) is 0 Å². The van der Waals surface area contributed by atoms with E-state index < -0.39 is 0 Å². The van der Waals surface area contributed by atoms with Crippen molar-refractivity contribution in [2.45, 2.75) is 33.2 Å². The van der Waals surface area contributed by atoms with Gasteiger partial charge in [-0.2, -0.15) is 11.3 Å². The van der Waals surface area contributed by atoms with E-state index in [2.05, 4.69) is 15.7 Å². The molecule has 5 nitrogen and oxygen atoms in total. The molecule has 0 fully saturated rings. The zero-order valence-corrected chi connectivity index (χ0v) is 16.8. The van der Waals surface area contributed by atoms with E-state index in [-0.39, 0.29) is 23.1 Å². The van der Waals surface area contributed by atoms with E-state index in [0.717, 1.165) is 22.0 Å². The monoisotopic (exact) mass is 387 g/mol. The molecule has 1 N–H and O–H groups in total. The van der Waals surface area contributed by atoms with Gasteiger partial charge in [-0.05, 0) is 54.8 Å². The number of hydrogen-bond acceptors (Lipinski definition) is 5. The minimum absolute atomic E-state index is 0.196. The van der Waals surface area contributed by atoms with Gasteiger partial charge in [-0.1, -0.05) is 0 Å². The quantitative estimate of drug-likeness (QED) is 0.728. The van der Waals surface area contributed by atoms with Gasteiger partial charge in [0.2, 0.25) is 0 Å². The summed E-state index contributed by atoms with van der Waals surface area (Å²) in [5.74, 6) is -0.351. The Hall–Kier alpha value is -2.25. The second kappa shape index (κ2) is 7.55. The van der Waals surface area contributed by atoms with E-state index >= 15 is 0 Å². The molecule has 0 aliphatic carbocycles. The molecular formula is C19H21N3O2S2. The lowest BCUT2D eigenvalue weighted by Gasteiger charge is -2.17. The van der Waals surface area contributed by atoms with Gasteiger partial charge in [0, 0.05) is 30.2 Å². The third-order valence-corrected chi connectivity index (χ3v) is 6.16. The number of nitrogens with zero attached hydrogens (tertiary/aromatic N) is 2. The SMILES string of the molecule is Cc1csc(C(Cc2ccsc2)NC(=O)c2c(C)cc(C)n(C)c2=O)n1. The highest BCUT2D eigenvalue weighted by atomic mass is 32.1. The summed E-state index contributed by atoms with van der Waals surface area (Å²) in [5, 5.41) is 9.93. The number of pyridine rings is 1. The molecule has 136 valence electrons. The van der Waals surface area contributed by atoms with Crippen LogP contribution in [0.1, 0.15) is 43.9 Å². The summed E-state index contributed by atoms with van der Waals surface area (Å²) in [4.78, 5) is 30.0. The second-order valence-electron chi connectivity index (χ2n) is 6.40. The van der Waals surface area contributed by atoms with Crippen LogP contribution in [0.4, 0.5) is 0 Å². The lowest BCUT2D eigenvalue weighted by Crippen LogP contribution is -2.36. The summed E-state index contributed by atoms with van der Waals surface area (Å²) >= 11 is 3.15. The summed E-state index contributed by atoms with van der Waals surface area (Å²) in [7, 11) is 1.68. The molecule has 0 aliphatic rings. The first-order chi connectivity index (χ1) is 12.4. The van der Waals surface area contributed by atoms with Crippen LogP contribution in [-0.2, 0) is 13.5 Å². The Balaban J connectivity index is 1.93. The van der Waals surface area contributed by atoms with Crippen LogP contribution in [0.15, 0.2) is 33.1 Å². The van der Waals surface area contributed by atoms with E-state index in [0.29, 0.717) is 12.0 Å². The van der Waals surface area contributed by atoms with Gasteiger partial charge in [-0.25, -0.2) is 4.98 Å². The Labute approximate surface area is 160 Å². The van der Waals surface area contributed by atoms with Crippen LogP contribution >= 0.6 is 22.7 Å². The van der Waals surface area contributed by atoms with Gasteiger partial charge in [-0.15, -0.1) is 11.3 Å². The van der Waals surface area contributed by atoms with Crippen LogP contribution in [0.25, 0.3) is 0 Å². The first-order valence-electron chi connectivity index (χ1n) is 8.28. The number of carbonyl (C=O) groups is 1. The number of aryl methyl sites for hydroxylation is 3. The largest absolute Gasteiger partial charge is 0.342 e. The molecule has 3 heterocycles. The molecule has 3 aromatic heterocycles. The lowest BCUT2D eigenvalue weighted by atomic mass is 10.1. The fourth-order valence-corrected chi connectivity index (χ4v) is 4.39. The number of amides is 1. The summed E-state index contributed by atoms with van der Waals surface area (Å²) < 4.78 is 1.50. The zero-order valence-electron chi connectivity index (χ0n) is 15.2. The van der Waals surface area contributed by atoms with Crippen molar-refractivity contribution in [2.24, 2.45) is 7.05 Å². The normalized spacial score (nSPS) is 12.2. The van der Waals surface area contributed by atoms with Gasteiger partial charge in [-0.3, -0.25) is 9.59 Å². The first kappa shape index (κ1) is 18.5. The standard InChI is InChI=1S/C19H21N3O2S2/c1-11-7-13(3)22(4)19(24)16(11)17(23)21-15(8-14-5-6-25-10-14)18-20-12(2)9-26-18/h5-7,9-10,15H,8H2,1-4H3,(H,21,23). The van der Waals surface area contributed by atoms with Crippen molar-refractivity contribution in [2.75, 3.05) is 0 Å². The minimum Gasteiger partial charge on any atom is -0.342 e. The van der Waals surface area contributed by atoms with E-state index in [1.165, 1.54) is 15.9 Å². The molecule has 26 heavy (non-hydrogen) atoms. The number of carbonyl (C=O) groups excluding carboxylic acids is 1. The first-order valence-corrected chi connectivity index (χ1v) is 10.1. The third kappa shape index (κ3) is 3.78. The van der Waals surface area contributed by atoms with Crippen LogP contribution in [-0.4, -0.2) is 15.5 Å². The molecule has 3 rings (SSSR count). The van der Waals surface area contributed by atoms with Crippen molar-refractivity contribution in [1.29, 1.82) is 0 Å². The van der Waals surface area contributed by atoms with E-state index in [9.17, 15) is 9.59 Å². The summed E-state index contributed by atoms with van der Waals surface area (Å²) in [6, 6.07) is 3.64. The fourth-order valence-electron chi connectivity index (χ4n) is 2.86. The molecule has 1 atom stereocenters. The highest BCUT2D eigenvalue weighted by Gasteiger charge is 2.23. The third-order valence-electron chi connectivity index (χ3n) is 4.35. The predicted molar refractivity (Wildman–Crippen MR) is 106 cm³/mol.